The summed E-state index contributed by atoms with van der Waals surface area (Å²) in [7, 11) is 0. The fourth-order valence-electron chi connectivity index (χ4n) is 3.12. The van der Waals surface area contributed by atoms with E-state index in [-0.39, 0.29) is 9.75 Å². The summed E-state index contributed by atoms with van der Waals surface area (Å²) < 4.78 is 3.54. The zero-order valence-electron chi connectivity index (χ0n) is 15.6. The molecule has 0 amide bonds. The molecule has 0 aliphatic rings. The van der Waals surface area contributed by atoms with Gasteiger partial charge in [0.15, 0.2) is 0 Å². The Labute approximate surface area is 155 Å². The van der Waals surface area contributed by atoms with Crippen LogP contribution in [-0.2, 0) is 0 Å². The Hall–Kier alpha value is -1.92. The van der Waals surface area contributed by atoms with Gasteiger partial charge in [0, 0.05) is 21.1 Å². The number of benzene rings is 1. The van der Waals surface area contributed by atoms with Gasteiger partial charge in [-0.3, -0.25) is 18.7 Å². The molecule has 3 rings (SSSR count). The summed E-state index contributed by atoms with van der Waals surface area (Å²) in [4.78, 5) is 27.1. The number of aromatic nitrogens is 2. The van der Waals surface area contributed by atoms with E-state index in [2.05, 4.69) is 6.92 Å². The van der Waals surface area contributed by atoms with Crippen molar-refractivity contribution in [1.82, 2.24) is 9.13 Å². The average Bonchev–Trinajstić information content (AvgIpc) is 2.94. The van der Waals surface area contributed by atoms with Crippen molar-refractivity contribution in [2.24, 2.45) is 0 Å². The maximum Gasteiger partial charge on any atom is 0.312 e. The first-order valence-electron chi connectivity index (χ1n) is 8.14. The summed E-state index contributed by atoms with van der Waals surface area (Å²) in [5.41, 5.74) is 6.89. The number of hydrogen-bond acceptors (Lipinski definition) is 4. The molecule has 4 nitrogen and oxygen atoms in total. The van der Waals surface area contributed by atoms with Crippen LogP contribution < -0.4 is 9.75 Å². The summed E-state index contributed by atoms with van der Waals surface area (Å²) in [6, 6.07) is 1.98. The quantitative estimate of drug-likeness (QED) is 0.672. The molecule has 0 aliphatic carbocycles. The Morgan fingerprint density at radius 2 is 1.00 bits per heavy atom. The predicted molar refractivity (Wildman–Crippen MR) is 107 cm³/mol. The molecule has 0 unspecified atom stereocenters. The summed E-state index contributed by atoms with van der Waals surface area (Å²) in [6.07, 6.45) is 0. The van der Waals surface area contributed by atoms with Crippen LogP contribution >= 0.6 is 22.7 Å². The lowest BCUT2D eigenvalue weighted by atomic mass is 9.99. The van der Waals surface area contributed by atoms with Crippen molar-refractivity contribution >= 4 is 22.7 Å². The zero-order valence-corrected chi connectivity index (χ0v) is 17.2. The highest BCUT2D eigenvalue weighted by atomic mass is 32.1. The Balaban J connectivity index is 2.43. The molecule has 2 aromatic heterocycles. The Kier molecular flexibility index (Phi) is 4.37. The van der Waals surface area contributed by atoms with E-state index >= 15 is 0 Å². The molecule has 0 bridgehead atoms. The fourth-order valence-corrected chi connectivity index (χ4v) is 4.78. The van der Waals surface area contributed by atoms with Gasteiger partial charge in [-0.25, -0.2) is 0 Å². The Morgan fingerprint density at radius 3 is 1.28 bits per heavy atom. The van der Waals surface area contributed by atoms with Crippen LogP contribution in [0.15, 0.2) is 15.7 Å². The molecule has 132 valence electrons. The third kappa shape index (κ3) is 2.64. The number of thiazole rings is 2. The van der Waals surface area contributed by atoms with Crippen LogP contribution in [0.5, 0.6) is 0 Å². The molecule has 25 heavy (non-hydrogen) atoms. The topological polar surface area (TPSA) is 44.0 Å². The van der Waals surface area contributed by atoms with E-state index in [0.29, 0.717) is 0 Å². The van der Waals surface area contributed by atoms with Crippen LogP contribution in [-0.4, -0.2) is 9.13 Å². The third-order valence-electron chi connectivity index (χ3n) is 5.18. The maximum atomic E-state index is 12.5. The van der Waals surface area contributed by atoms with Gasteiger partial charge in [-0.1, -0.05) is 22.7 Å². The van der Waals surface area contributed by atoms with E-state index < -0.39 is 0 Å². The second kappa shape index (κ2) is 6.11. The highest BCUT2D eigenvalue weighted by Gasteiger charge is 2.19. The van der Waals surface area contributed by atoms with Crippen LogP contribution in [0.3, 0.4) is 0 Å². The van der Waals surface area contributed by atoms with Crippen LogP contribution in [0.2, 0.25) is 0 Å². The number of nitrogens with zero attached hydrogens (tertiary/aromatic N) is 2. The molecule has 6 heteroatoms. The summed E-state index contributed by atoms with van der Waals surface area (Å²) in [5.74, 6) is 0. The van der Waals surface area contributed by atoms with E-state index in [1.807, 2.05) is 47.6 Å². The van der Waals surface area contributed by atoms with Gasteiger partial charge in [-0.2, -0.15) is 0 Å². The highest BCUT2D eigenvalue weighted by Crippen LogP contribution is 2.29. The summed E-state index contributed by atoms with van der Waals surface area (Å²) >= 11 is 2.52. The molecule has 0 saturated carbocycles. The lowest BCUT2D eigenvalue weighted by molar-refractivity contribution is 0.921. The molecule has 3 aromatic rings. The van der Waals surface area contributed by atoms with Crippen LogP contribution in [0.1, 0.15) is 37.8 Å². The summed E-state index contributed by atoms with van der Waals surface area (Å²) in [6.45, 7) is 14.0. The van der Waals surface area contributed by atoms with Gasteiger partial charge in [0.25, 0.3) is 0 Å². The first-order valence-corrected chi connectivity index (χ1v) is 9.78. The van der Waals surface area contributed by atoms with Gasteiger partial charge in [0.1, 0.15) is 0 Å². The minimum Gasteiger partial charge on any atom is -0.271 e. The lowest BCUT2D eigenvalue weighted by Crippen LogP contribution is -2.18. The smallest absolute Gasteiger partial charge is 0.271 e. The van der Waals surface area contributed by atoms with Crippen molar-refractivity contribution in [3.63, 3.8) is 0 Å². The third-order valence-corrected chi connectivity index (χ3v) is 7.10. The van der Waals surface area contributed by atoms with Crippen LogP contribution in [0.25, 0.3) is 11.4 Å². The van der Waals surface area contributed by atoms with E-state index in [0.717, 1.165) is 49.2 Å². The number of rotatable bonds is 2. The van der Waals surface area contributed by atoms with E-state index in [1.165, 1.54) is 22.7 Å². The van der Waals surface area contributed by atoms with E-state index in [9.17, 15) is 9.59 Å². The number of hydrogen-bond donors (Lipinski definition) is 0. The minimum atomic E-state index is 0.0119. The first kappa shape index (κ1) is 17.9. The average molecular weight is 375 g/mol. The maximum absolute atomic E-state index is 12.5. The van der Waals surface area contributed by atoms with Crippen LogP contribution in [0, 0.1) is 48.5 Å². The van der Waals surface area contributed by atoms with Gasteiger partial charge in [-0.15, -0.1) is 0 Å². The largest absolute Gasteiger partial charge is 0.312 e. The van der Waals surface area contributed by atoms with Gasteiger partial charge < -0.3 is 0 Å². The first-order chi connectivity index (χ1) is 11.6. The molecular formula is C19H22N2O2S2. The lowest BCUT2D eigenvalue weighted by Gasteiger charge is -2.18. The fraction of sp³-hybridized carbons (Fsp3) is 0.368. The normalized spacial score (nSPS) is 11.3. The van der Waals surface area contributed by atoms with E-state index in [4.69, 9.17) is 0 Å². The van der Waals surface area contributed by atoms with Gasteiger partial charge in [0.2, 0.25) is 0 Å². The van der Waals surface area contributed by atoms with Crippen molar-refractivity contribution in [2.75, 3.05) is 0 Å². The highest BCUT2D eigenvalue weighted by molar-refractivity contribution is 7.09. The Bertz CT molecular complexity index is 1030. The standard InChI is InChI=1S/C19H22N2O2S2/c1-9-10(2)16(20-12(4)14(6)24-18(20)22)8-17(11(9)3)21-13(5)15(7)25-19(21)23/h8H,1-7H3. The van der Waals surface area contributed by atoms with Crippen molar-refractivity contribution in [3.05, 3.63) is 63.2 Å². The molecule has 0 aliphatic heterocycles. The summed E-state index contributed by atoms with van der Waals surface area (Å²) in [5, 5.41) is 0. The molecule has 0 fully saturated rings. The Morgan fingerprint density at radius 1 is 0.640 bits per heavy atom. The molecule has 2 heterocycles. The zero-order chi connectivity index (χ0) is 18.6. The van der Waals surface area contributed by atoms with Crippen molar-refractivity contribution in [3.8, 4) is 11.4 Å². The van der Waals surface area contributed by atoms with Gasteiger partial charge >= 0.3 is 9.75 Å². The van der Waals surface area contributed by atoms with Crippen LogP contribution in [0.4, 0.5) is 0 Å². The molecule has 0 N–H and O–H groups in total. The monoisotopic (exact) mass is 374 g/mol. The molecule has 0 atom stereocenters. The molecular weight excluding hydrogens is 352 g/mol. The second-order valence-electron chi connectivity index (χ2n) is 6.48. The minimum absolute atomic E-state index is 0.0119. The number of aryl methyl sites for hydroxylation is 2. The van der Waals surface area contributed by atoms with Gasteiger partial charge in [0.05, 0.1) is 11.4 Å². The van der Waals surface area contributed by atoms with Crippen molar-refractivity contribution in [1.29, 1.82) is 0 Å². The predicted octanol–water partition coefficient (Wildman–Crippen LogP) is 4.27. The SMILES string of the molecule is Cc1sc(=O)n(-c2cc(-n3c(C)c(C)sc3=O)c(C)c(C)c2C)c1C. The van der Waals surface area contributed by atoms with Gasteiger partial charge in [-0.05, 0) is 71.2 Å². The van der Waals surface area contributed by atoms with Crippen molar-refractivity contribution in [2.45, 2.75) is 48.5 Å². The second-order valence-corrected chi connectivity index (χ2v) is 8.81. The molecule has 0 spiro atoms. The van der Waals surface area contributed by atoms with E-state index in [1.54, 1.807) is 9.13 Å². The molecule has 1 aromatic carbocycles. The molecule has 0 radical (unpaired) electrons. The van der Waals surface area contributed by atoms with Crippen molar-refractivity contribution < 1.29 is 0 Å². The molecule has 0 saturated heterocycles.